The van der Waals surface area contributed by atoms with Crippen LogP contribution in [0.3, 0.4) is 0 Å². The quantitative estimate of drug-likeness (QED) is 0.849. The molecule has 0 radical (unpaired) electrons. The summed E-state index contributed by atoms with van der Waals surface area (Å²) in [5, 5.41) is 5.27. The third-order valence-electron chi connectivity index (χ3n) is 3.24. The summed E-state index contributed by atoms with van der Waals surface area (Å²) in [6, 6.07) is 6.22. The first kappa shape index (κ1) is 18.7. The molecule has 1 heterocycles. The van der Waals surface area contributed by atoms with Gasteiger partial charge in [-0.3, -0.25) is 4.79 Å². The maximum absolute atomic E-state index is 13.0. The lowest BCUT2D eigenvalue weighted by atomic mass is 10.1. The summed E-state index contributed by atoms with van der Waals surface area (Å²) in [7, 11) is 0. The minimum Gasteiger partial charge on any atom is -0.354 e. The minimum absolute atomic E-state index is 0.00395. The van der Waals surface area contributed by atoms with Crippen molar-refractivity contribution in [2.24, 2.45) is 5.92 Å². The first-order valence-corrected chi connectivity index (χ1v) is 7.74. The van der Waals surface area contributed by atoms with Gasteiger partial charge in [-0.15, -0.1) is 0 Å². The molecule has 2 N–H and O–H groups in total. The molecular weight excluding hydrogens is 333 g/mol. The van der Waals surface area contributed by atoms with Crippen LogP contribution in [0.1, 0.15) is 35.6 Å². The van der Waals surface area contributed by atoms with E-state index < -0.39 is 17.6 Å². The van der Waals surface area contributed by atoms with Gasteiger partial charge in [-0.2, -0.15) is 13.2 Å². The molecule has 2 rings (SSSR count). The number of hydrogen-bond donors (Lipinski definition) is 2. The first-order valence-electron chi connectivity index (χ1n) is 7.74. The molecule has 0 fully saturated rings. The highest BCUT2D eigenvalue weighted by atomic mass is 19.4. The van der Waals surface area contributed by atoms with Gasteiger partial charge in [0.15, 0.2) is 0 Å². The Morgan fingerprint density at radius 3 is 2.52 bits per heavy atom. The van der Waals surface area contributed by atoms with Crippen LogP contribution in [0.15, 0.2) is 30.3 Å². The van der Waals surface area contributed by atoms with E-state index in [2.05, 4.69) is 20.6 Å². The van der Waals surface area contributed by atoms with E-state index in [1.165, 1.54) is 24.3 Å². The van der Waals surface area contributed by atoms with Gasteiger partial charge in [-0.25, -0.2) is 9.97 Å². The van der Waals surface area contributed by atoms with Crippen LogP contribution < -0.4 is 10.6 Å². The second-order valence-electron chi connectivity index (χ2n) is 5.99. The molecular formula is C17H19F3N4O. The number of alkyl halides is 3. The zero-order chi connectivity index (χ0) is 18.6. The molecule has 2 aromatic rings. The van der Waals surface area contributed by atoms with Crippen LogP contribution in [0.5, 0.6) is 0 Å². The van der Waals surface area contributed by atoms with E-state index in [9.17, 15) is 18.0 Å². The Hall–Kier alpha value is -2.64. The summed E-state index contributed by atoms with van der Waals surface area (Å²) in [4.78, 5) is 20.6. The van der Waals surface area contributed by atoms with Crippen molar-refractivity contribution >= 4 is 17.5 Å². The first-order chi connectivity index (χ1) is 11.7. The molecule has 8 heteroatoms. The number of anilines is 2. The van der Waals surface area contributed by atoms with Crippen molar-refractivity contribution in [1.29, 1.82) is 0 Å². The van der Waals surface area contributed by atoms with Crippen LogP contribution in [0.25, 0.3) is 0 Å². The average Bonchev–Trinajstić information content (AvgIpc) is 2.52. The maximum Gasteiger partial charge on any atom is 0.418 e. The average molecular weight is 352 g/mol. The predicted octanol–water partition coefficient (Wildman–Crippen LogP) is 4.12. The van der Waals surface area contributed by atoms with Crippen molar-refractivity contribution in [2.45, 2.75) is 26.9 Å². The molecule has 1 aromatic heterocycles. The van der Waals surface area contributed by atoms with Crippen LogP contribution in [0, 0.1) is 12.8 Å². The number of carbonyl (C=O) groups excluding carboxylic acids is 1. The van der Waals surface area contributed by atoms with Crippen LogP contribution in [0.2, 0.25) is 0 Å². The Morgan fingerprint density at radius 1 is 1.20 bits per heavy atom. The summed E-state index contributed by atoms with van der Waals surface area (Å²) in [6.45, 7) is 6.30. The molecule has 0 spiro atoms. The van der Waals surface area contributed by atoms with E-state index in [0.29, 0.717) is 18.2 Å². The van der Waals surface area contributed by atoms with Crippen LogP contribution in [0.4, 0.5) is 24.8 Å². The summed E-state index contributed by atoms with van der Waals surface area (Å²) < 4.78 is 39.1. The Bertz CT molecular complexity index is 760. The molecule has 1 amide bonds. The number of nitrogens with zero attached hydrogens (tertiary/aromatic N) is 2. The van der Waals surface area contributed by atoms with Crippen molar-refractivity contribution in [1.82, 2.24) is 9.97 Å². The van der Waals surface area contributed by atoms with Gasteiger partial charge in [-0.1, -0.05) is 26.0 Å². The van der Waals surface area contributed by atoms with Crippen molar-refractivity contribution in [3.05, 3.63) is 47.3 Å². The third-order valence-corrected chi connectivity index (χ3v) is 3.24. The van der Waals surface area contributed by atoms with E-state index in [1.54, 1.807) is 6.92 Å². The zero-order valence-corrected chi connectivity index (χ0v) is 14.1. The Kier molecular flexibility index (Phi) is 5.61. The number of hydrogen-bond acceptors (Lipinski definition) is 4. The molecule has 0 saturated carbocycles. The molecule has 1 aromatic carbocycles. The molecule has 134 valence electrons. The van der Waals surface area contributed by atoms with E-state index in [4.69, 9.17) is 0 Å². The molecule has 0 atom stereocenters. The monoisotopic (exact) mass is 352 g/mol. The highest BCUT2D eigenvalue weighted by Gasteiger charge is 2.33. The number of para-hydroxylation sites is 1. The van der Waals surface area contributed by atoms with E-state index in [1.807, 2.05) is 13.8 Å². The van der Waals surface area contributed by atoms with Gasteiger partial charge in [0.2, 0.25) is 5.95 Å². The fourth-order valence-electron chi connectivity index (χ4n) is 2.08. The molecule has 0 aliphatic heterocycles. The highest BCUT2D eigenvalue weighted by molar-refractivity contribution is 6.03. The highest BCUT2D eigenvalue weighted by Crippen LogP contribution is 2.34. The predicted molar refractivity (Wildman–Crippen MR) is 89.5 cm³/mol. The fraction of sp³-hybridized carbons (Fsp3) is 0.353. The van der Waals surface area contributed by atoms with Gasteiger partial charge in [0.25, 0.3) is 5.91 Å². The number of nitrogens with one attached hydrogen (secondary N) is 2. The van der Waals surface area contributed by atoms with E-state index in [0.717, 1.165) is 6.07 Å². The number of rotatable bonds is 5. The van der Waals surface area contributed by atoms with Crippen LogP contribution in [-0.2, 0) is 6.18 Å². The van der Waals surface area contributed by atoms with Gasteiger partial charge < -0.3 is 10.6 Å². The Labute approximate surface area is 143 Å². The third kappa shape index (κ3) is 5.17. The molecule has 0 aliphatic rings. The smallest absolute Gasteiger partial charge is 0.354 e. The van der Waals surface area contributed by atoms with E-state index >= 15 is 0 Å². The van der Waals surface area contributed by atoms with Gasteiger partial charge in [-0.05, 0) is 31.0 Å². The van der Waals surface area contributed by atoms with Gasteiger partial charge in [0.05, 0.1) is 11.3 Å². The Balaban J connectivity index is 2.25. The fourth-order valence-corrected chi connectivity index (χ4v) is 2.08. The number of aromatic nitrogens is 2. The summed E-state index contributed by atoms with van der Waals surface area (Å²) in [5.74, 6) is -0.113. The molecule has 0 saturated heterocycles. The van der Waals surface area contributed by atoms with Gasteiger partial charge in [0, 0.05) is 12.2 Å². The normalized spacial score (nSPS) is 11.5. The molecule has 0 aliphatic carbocycles. The van der Waals surface area contributed by atoms with E-state index in [-0.39, 0.29) is 17.3 Å². The van der Waals surface area contributed by atoms with Crippen LogP contribution >= 0.6 is 0 Å². The number of halogens is 3. The standard InChI is InChI=1S/C17H19F3N4O/c1-10(2)9-21-16-22-11(3)8-14(24-16)15(25)23-13-7-5-4-6-12(13)17(18,19)20/h4-8,10H,9H2,1-3H3,(H,23,25)(H,21,22,24). The number of amides is 1. The van der Waals surface area contributed by atoms with Gasteiger partial charge >= 0.3 is 6.18 Å². The number of aryl methyl sites for hydroxylation is 1. The Morgan fingerprint density at radius 2 is 1.88 bits per heavy atom. The molecule has 25 heavy (non-hydrogen) atoms. The molecule has 0 bridgehead atoms. The zero-order valence-electron chi connectivity index (χ0n) is 14.1. The number of carbonyl (C=O) groups is 1. The second kappa shape index (κ2) is 7.50. The molecule has 0 unspecified atom stereocenters. The SMILES string of the molecule is Cc1cc(C(=O)Nc2ccccc2C(F)(F)F)nc(NCC(C)C)n1. The summed E-state index contributed by atoms with van der Waals surface area (Å²) >= 11 is 0. The summed E-state index contributed by atoms with van der Waals surface area (Å²) in [6.07, 6.45) is -4.56. The minimum atomic E-state index is -4.56. The largest absolute Gasteiger partial charge is 0.418 e. The lowest BCUT2D eigenvalue weighted by Gasteiger charge is -2.14. The van der Waals surface area contributed by atoms with Gasteiger partial charge in [0.1, 0.15) is 5.69 Å². The topological polar surface area (TPSA) is 66.9 Å². The lowest BCUT2D eigenvalue weighted by molar-refractivity contribution is -0.136. The van der Waals surface area contributed by atoms with Crippen molar-refractivity contribution in [2.75, 3.05) is 17.2 Å². The van der Waals surface area contributed by atoms with Crippen molar-refractivity contribution < 1.29 is 18.0 Å². The molecule has 5 nitrogen and oxygen atoms in total. The van der Waals surface area contributed by atoms with Crippen LogP contribution in [-0.4, -0.2) is 22.4 Å². The summed E-state index contributed by atoms with van der Waals surface area (Å²) in [5.41, 5.74) is -0.688. The second-order valence-corrected chi connectivity index (χ2v) is 5.99. The van der Waals surface area contributed by atoms with Crippen molar-refractivity contribution in [3.8, 4) is 0 Å². The van der Waals surface area contributed by atoms with Crippen molar-refractivity contribution in [3.63, 3.8) is 0 Å². The number of benzene rings is 1. The maximum atomic E-state index is 13.0. The lowest BCUT2D eigenvalue weighted by Crippen LogP contribution is -2.19.